The van der Waals surface area contributed by atoms with Crippen LogP contribution < -0.4 is 20.9 Å². The minimum atomic E-state index is -1.07. The number of benzene rings is 2. The second kappa shape index (κ2) is 15.3. The average Bonchev–Trinajstić information content (AvgIpc) is 3.85. The van der Waals surface area contributed by atoms with E-state index < -0.39 is 42.0 Å². The van der Waals surface area contributed by atoms with E-state index in [1.54, 1.807) is 0 Å². The molecule has 5 aliphatic rings. The predicted molar refractivity (Wildman–Crippen MR) is 197 cm³/mol. The molecule has 272 valence electrons. The first-order valence-corrected chi connectivity index (χ1v) is 18.6. The van der Waals surface area contributed by atoms with Gasteiger partial charge in [-0.3, -0.25) is 9.79 Å². The highest BCUT2D eigenvalue weighted by atomic mass is 16.5. The summed E-state index contributed by atoms with van der Waals surface area (Å²) in [6.07, 6.45) is 9.70. The summed E-state index contributed by atoms with van der Waals surface area (Å²) in [6, 6.07) is 11.3. The topological polar surface area (TPSA) is 164 Å². The molecule has 0 aromatic heterocycles. The number of nitrogens with zero attached hydrogens (tertiary/aromatic N) is 2. The molecule has 10 nitrogen and oxygen atoms in total. The Hall–Kier alpha value is -4.42. The van der Waals surface area contributed by atoms with Gasteiger partial charge in [-0.15, -0.1) is 0 Å². The van der Waals surface area contributed by atoms with E-state index in [0.717, 1.165) is 65.7 Å². The monoisotopic (exact) mass is 704 g/mol. The molecule has 1 fully saturated rings. The molecule has 1 aliphatic carbocycles. The maximum atomic E-state index is 12.8. The van der Waals surface area contributed by atoms with Crippen molar-refractivity contribution < 1.29 is 29.6 Å². The molecule has 2 aromatic rings. The third-order valence-corrected chi connectivity index (χ3v) is 11.0. The van der Waals surface area contributed by atoms with Gasteiger partial charge >= 0.3 is 0 Å². The number of nitrogens with two attached hydrogens (primary N) is 2. The van der Waals surface area contributed by atoms with Gasteiger partial charge in [0.05, 0.1) is 42.0 Å². The molecule has 5 unspecified atom stereocenters. The molecule has 10 heteroatoms. The normalized spacial score (nSPS) is 23.5. The molecule has 7 N–H and O–H groups in total. The molecule has 0 saturated heterocycles. The Balaban J connectivity index is 1.22. The lowest BCUT2D eigenvalue weighted by atomic mass is 9.73. The lowest BCUT2D eigenvalue weighted by Gasteiger charge is -2.39. The number of aliphatic imine (C=N–C) groups is 1. The third-order valence-electron chi connectivity index (χ3n) is 11.0. The van der Waals surface area contributed by atoms with Gasteiger partial charge < -0.3 is 41.2 Å². The summed E-state index contributed by atoms with van der Waals surface area (Å²) in [7, 11) is 0. The van der Waals surface area contributed by atoms with E-state index in [2.05, 4.69) is 35.0 Å². The number of Topliss-reactive ketones (excluding diaryl/α,β-unsaturated/α-hetero) is 1. The molecule has 2 aromatic carbocycles. The summed E-state index contributed by atoms with van der Waals surface area (Å²) < 4.78 is 13.1. The fourth-order valence-electron chi connectivity index (χ4n) is 8.18. The number of aliphatic hydroxyl groups is 3. The molecule has 52 heavy (non-hydrogen) atoms. The average molecular weight is 705 g/mol. The number of fused-ring (bicyclic) bond motifs is 6. The highest BCUT2D eigenvalue weighted by Gasteiger charge is 2.48. The molecule has 1 spiro atoms. The number of ketones is 1. The fourth-order valence-corrected chi connectivity index (χ4v) is 8.18. The Morgan fingerprint density at radius 2 is 1.92 bits per heavy atom. The number of aryl methyl sites for hydroxylation is 1. The van der Waals surface area contributed by atoms with Crippen molar-refractivity contribution >= 4 is 11.5 Å². The number of allylic oxidation sites excluding steroid dienone is 1. The van der Waals surface area contributed by atoms with Crippen molar-refractivity contribution in [3.8, 4) is 35.4 Å². The van der Waals surface area contributed by atoms with E-state index in [9.17, 15) is 20.1 Å². The SMILES string of the molecule is CCCC(O)CC(O)CC(=O)CCc1ccc2c(c1)OC1C(C#CC(O)c3ccc(C(N)N)cc3CC3=CN=C4CN1C=C34)C1(C#CO2)CCCC1. The summed E-state index contributed by atoms with van der Waals surface area (Å²) >= 11 is 0. The quantitative estimate of drug-likeness (QED) is 0.177. The predicted octanol–water partition coefficient (Wildman–Crippen LogP) is 4.47. The van der Waals surface area contributed by atoms with Gasteiger partial charge in [-0.2, -0.15) is 0 Å². The molecule has 5 atom stereocenters. The molecule has 1 saturated carbocycles. The Kier molecular flexibility index (Phi) is 10.6. The van der Waals surface area contributed by atoms with E-state index >= 15 is 0 Å². The zero-order valence-electron chi connectivity index (χ0n) is 29.7. The van der Waals surface area contributed by atoms with Gasteiger partial charge in [0.1, 0.15) is 18.0 Å². The lowest BCUT2D eigenvalue weighted by Crippen LogP contribution is -2.47. The summed E-state index contributed by atoms with van der Waals surface area (Å²) in [5, 5.41) is 32.1. The standard InChI is InChI=1S/C42H48N4O6/c1-2-5-30(47)21-32(49)22-31(48)9-6-26-7-13-38-39(18-26)52-41-35(42(16-17-51-38)14-3-4-15-42)11-12-37(50)33-10-8-27(40(43)44)19-28(33)20-29-23-45-36-25-46(41)24-34(29)36/h7-8,10,13,18-19,23-24,30,32,35,37,40-41,47,49-50H,2-6,9,14-15,20-22,25,43-44H2,1H3. The second-order valence-corrected chi connectivity index (χ2v) is 14.8. The number of rotatable bonds is 10. The van der Waals surface area contributed by atoms with Crippen LogP contribution in [0.1, 0.15) is 99.2 Å². The van der Waals surface area contributed by atoms with Crippen LogP contribution in [0.25, 0.3) is 0 Å². The van der Waals surface area contributed by atoms with Crippen molar-refractivity contribution in [2.24, 2.45) is 27.8 Å². The van der Waals surface area contributed by atoms with Gasteiger partial charge in [0.15, 0.2) is 17.7 Å². The number of carbonyl (C=O) groups excluding carboxylic acids is 1. The number of aliphatic hydroxyl groups excluding tert-OH is 3. The van der Waals surface area contributed by atoms with Crippen LogP contribution in [0.5, 0.6) is 11.5 Å². The zero-order chi connectivity index (χ0) is 36.4. The van der Waals surface area contributed by atoms with Crippen LogP contribution in [-0.2, 0) is 17.6 Å². The smallest absolute Gasteiger partial charge is 0.187 e. The summed E-state index contributed by atoms with van der Waals surface area (Å²) in [5.74, 6) is 10.7. The number of carbonyl (C=O) groups is 1. The zero-order valence-corrected chi connectivity index (χ0v) is 29.7. The van der Waals surface area contributed by atoms with Crippen LogP contribution in [0.4, 0.5) is 0 Å². The Morgan fingerprint density at radius 3 is 2.71 bits per heavy atom. The van der Waals surface area contributed by atoms with Gasteiger partial charge in [-0.25, -0.2) is 0 Å². The highest BCUT2D eigenvalue weighted by molar-refractivity contribution is 6.09. The lowest BCUT2D eigenvalue weighted by molar-refractivity contribution is -0.121. The van der Waals surface area contributed by atoms with Gasteiger partial charge in [-0.05, 0) is 72.1 Å². The first-order chi connectivity index (χ1) is 25.1. The second-order valence-electron chi connectivity index (χ2n) is 14.8. The van der Waals surface area contributed by atoms with Crippen molar-refractivity contribution in [2.75, 3.05) is 6.54 Å². The maximum Gasteiger partial charge on any atom is 0.187 e. The van der Waals surface area contributed by atoms with E-state index in [1.165, 1.54) is 0 Å². The van der Waals surface area contributed by atoms with Crippen molar-refractivity contribution in [1.82, 2.24) is 4.90 Å². The van der Waals surface area contributed by atoms with Crippen molar-refractivity contribution in [1.29, 1.82) is 0 Å². The molecular weight excluding hydrogens is 656 g/mol. The van der Waals surface area contributed by atoms with Crippen LogP contribution in [0.15, 0.2) is 64.9 Å². The molecule has 7 rings (SSSR count). The Bertz CT molecular complexity index is 1920. The minimum absolute atomic E-state index is 0.00736. The highest BCUT2D eigenvalue weighted by Crippen LogP contribution is 2.49. The van der Waals surface area contributed by atoms with E-state index in [1.807, 2.05) is 49.5 Å². The molecule has 4 aliphatic heterocycles. The van der Waals surface area contributed by atoms with Crippen LogP contribution >= 0.6 is 0 Å². The molecule has 0 amide bonds. The molecule has 2 bridgehead atoms. The number of ether oxygens (including phenoxy) is 2. The van der Waals surface area contributed by atoms with E-state index in [0.29, 0.717) is 42.9 Å². The van der Waals surface area contributed by atoms with Gasteiger partial charge in [0.2, 0.25) is 0 Å². The summed E-state index contributed by atoms with van der Waals surface area (Å²) in [6.45, 7) is 2.49. The van der Waals surface area contributed by atoms with E-state index in [4.69, 9.17) is 25.9 Å². The van der Waals surface area contributed by atoms with Crippen molar-refractivity contribution in [3.63, 3.8) is 0 Å². The van der Waals surface area contributed by atoms with Crippen LogP contribution in [0, 0.1) is 35.2 Å². The van der Waals surface area contributed by atoms with Crippen LogP contribution in [0.3, 0.4) is 0 Å². The van der Waals surface area contributed by atoms with Crippen molar-refractivity contribution in [2.45, 2.75) is 108 Å². The molecule has 4 heterocycles. The summed E-state index contributed by atoms with van der Waals surface area (Å²) in [5.41, 5.74) is 17.8. The van der Waals surface area contributed by atoms with Crippen LogP contribution in [-0.4, -0.2) is 56.7 Å². The first kappa shape index (κ1) is 36.0. The third kappa shape index (κ3) is 7.54. The molecule has 0 radical (unpaired) electrons. The maximum absolute atomic E-state index is 12.8. The van der Waals surface area contributed by atoms with Crippen molar-refractivity contribution in [3.05, 3.63) is 82.2 Å². The van der Waals surface area contributed by atoms with E-state index in [-0.39, 0.29) is 25.0 Å². The first-order valence-electron chi connectivity index (χ1n) is 18.6. The number of hydrogen-bond acceptors (Lipinski definition) is 10. The largest absolute Gasteiger partial charge is 0.465 e. The minimum Gasteiger partial charge on any atom is -0.465 e. The van der Waals surface area contributed by atoms with Gasteiger partial charge in [0.25, 0.3) is 0 Å². The van der Waals surface area contributed by atoms with Gasteiger partial charge in [0, 0.05) is 37.2 Å². The number of hydrogen-bond donors (Lipinski definition) is 5. The fraction of sp³-hybridized carbons (Fsp3) is 0.476. The Morgan fingerprint density at radius 1 is 1.10 bits per heavy atom. The molecular formula is C42H48N4O6. The summed E-state index contributed by atoms with van der Waals surface area (Å²) in [4.78, 5) is 19.8. The van der Waals surface area contributed by atoms with Gasteiger partial charge in [-0.1, -0.05) is 68.2 Å². The Labute approximate surface area is 305 Å². The van der Waals surface area contributed by atoms with Crippen LogP contribution in [0.2, 0.25) is 0 Å².